The number of anilines is 1. The Morgan fingerprint density at radius 2 is 1.85 bits per heavy atom. The first-order valence-corrected chi connectivity index (χ1v) is 9.56. The van der Waals surface area contributed by atoms with Gasteiger partial charge in [-0.2, -0.15) is 0 Å². The van der Waals surface area contributed by atoms with Crippen LogP contribution in [-0.2, 0) is 0 Å². The van der Waals surface area contributed by atoms with Gasteiger partial charge in [0.25, 0.3) is 0 Å². The van der Waals surface area contributed by atoms with Crippen LogP contribution in [0.15, 0.2) is 23.2 Å². The van der Waals surface area contributed by atoms with Crippen molar-refractivity contribution in [2.75, 3.05) is 51.2 Å². The van der Waals surface area contributed by atoms with E-state index in [1.54, 1.807) is 11.9 Å². The maximum absolute atomic E-state index is 14.0. The predicted molar refractivity (Wildman–Crippen MR) is 117 cm³/mol. The molecule has 2 N–H and O–H groups in total. The van der Waals surface area contributed by atoms with E-state index >= 15 is 0 Å². The van der Waals surface area contributed by atoms with E-state index in [0.717, 1.165) is 25.5 Å². The summed E-state index contributed by atoms with van der Waals surface area (Å²) in [6, 6.07) is 4.13. The third-order valence-corrected chi connectivity index (χ3v) is 5.18. The molecule has 8 heteroatoms. The summed E-state index contributed by atoms with van der Waals surface area (Å²) in [7, 11) is 1.75. The highest BCUT2D eigenvalue weighted by Gasteiger charge is 2.27. The van der Waals surface area contributed by atoms with Crippen LogP contribution in [0.25, 0.3) is 0 Å². The van der Waals surface area contributed by atoms with Crippen LogP contribution in [0.2, 0.25) is 0 Å². The SMILES string of the molecule is CN=C(NCCN1CCCCC1)NC1CCN(c2c(F)cccc2F)C1.I. The Bertz CT molecular complexity index is 602. The number of para-hydroxylation sites is 1. The standard InChI is InChI=1S/C19H29F2N5.HI/c1-22-19(23-9-13-25-10-3-2-4-11-25)24-15-8-12-26(14-15)18-16(20)6-5-7-17(18)21;/h5-7,15H,2-4,8-14H2,1H3,(H2,22,23,24);1H. The largest absolute Gasteiger partial charge is 0.365 e. The molecule has 1 aromatic rings. The van der Waals surface area contributed by atoms with Crippen molar-refractivity contribution in [1.82, 2.24) is 15.5 Å². The Morgan fingerprint density at radius 3 is 2.52 bits per heavy atom. The van der Waals surface area contributed by atoms with Crippen LogP contribution < -0.4 is 15.5 Å². The molecule has 2 saturated heterocycles. The molecule has 0 aliphatic carbocycles. The van der Waals surface area contributed by atoms with Crippen LogP contribution in [-0.4, -0.2) is 63.2 Å². The van der Waals surface area contributed by atoms with Gasteiger partial charge in [-0.25, -0.2) is 8.78 Å². The van der Waals surface area contributed by atoms with Crippen LogP contribution >= 0.6 is 24.0 Å². The maximum Gasteiger partial charge on any atom is 0.191 e. The highest BCUT2D eigenvalue weighted by molar-refractivity contribution is 14.0. The molecule has 152 valence electrons. The second-order valence-corrected chi connectivity index (χ2v) is 7.05. The lowest BCUT2D eigenvalue weighted by Gasteiger charge is -2.27. The van der Waals surface area contributed by atoms with Crippen molar-refractivity contribution in [3.63, 3.8) is 0 Å². The molecule has 0 aromatic heterocycles. The van der Waals surface area contributed by atoms with Crippen LogP contribution in [0.5, 0.6) is 0 Å². The lowest BCUT2D eigenvalue weighted by atomic mass is 10.1. The molecule has 0 amide bonds. The lowest BCUT2D eigenvalue weighted by Crippen LogP contribution is -2.47. The second kappa shape index (κ2) is 11.0. The van der Waals surface area contributed by atoms with Crippen LogP contribution in [0, 0.1) is 11.6 Å². The van der Waals surface area contributed by atoms with Crippen molar-refractivity contribution < 1.29 is 8.78 Å². The summed E-state index contributed by atoms with van der Waals surface area (Å²) in [5.74, 6) is -0.257. The van der Waals surface area contributed by atoms with E-state index < -0.39 is 11.6 Å². The molecule has 3 rings (SSSR count). The molecular formula is C19H30F2IN5. The third-order valence-electron chi connectivity index (χ3n) is 5.18. The number of halogens is 3. The summed E-state index contributed by atoms with van der Waals surface area (Å²) in [5, 5.41) is 6.73. The number of likely N-dealkylation sites (tertiary alicyclic amines) is 1. The van der Waals surface area contributed by atoms with Gasteiger partial charge in [0.1, 0.15) is 17.3 Å². The Hall–Kier alpha value is -1.16. The van der Waals surface area contributed by atoms with E-state index in [1.165, 1.54) is 50.6 Å². The van der Waals surface area contributed by atoms with E-state index in [2.05, 4.69) is 20.5 Å². The van der Waals surface area contributed by atoms with E-state index in [1.807, 2.05) is 0 Å². The number of rotatable bonds is 5. The van der Waals surface area contributed by atoms with Crippen molar-refractivity contribution >= 4 is 35.6 Å². The average Bonchev–Trinajstić information content (AvgIpc) is 3.09. The quantitative estimate of drug-likeness (QED) is 0.376. The van der Waals surface area contributed by atoms with Gasteiger partial charge in [0.15, 0.2) is 5.96 Å². The summed E-state index contributed by atoms with van der Waals surface area (Å²) >= 11 is 0. The normalized spacial score (nSPS) is 21.1. The van der Waals surface area contributed by atoms with E-state index in [4.69, 9.17) is 0 Å². The summed E-state index contributed by atoms with van der Waals surface area (Å²) in [4.78, 5) is 8.52. The highest BCUT2D eigenvalue weighted by atomic mass is 127. The zero-order valence-corrected chi connectivity index (χ0v) is 18.2. The molecule has 1 unspecified atom stereocenters. The number of hydrogen-bond acceptors (Lipinski definition) is 3. The molecule has 2 heterocycles. The fourth-order valence-corrected chi connectivity index (χ4v) is 3.78. The number of guanidine groups is 1. The Balaban J connectivity index is 0.00000261. The molecule has 2 aliphatic heterocycles. The monoisotopic (exact) mass is 493 g/mol. The molecule has 5 nitrogen and oxygen atoms in total. The topological polar surface area (TPSA) is 42.9 Å². The predicted octanol–water partition coefficient (Wildman–Crippen LogP) is 2.81. The third kappa shape index (κ3) is 6.17. The van der Waals surface area contributed by atoms with Crippen LogP contribution in [0.3, 0.4) is 0 Å². The van der Waals surface area contributed by atoms with Gasteiger partial charge in [-0.15, -0.1) is 24.0 Å². The van der Waals surface area contributed by atoms with Gasteiger partial charge in [0.05, 0.1) is 0 Å². The summed E-state index contributed by atoms with van der Waals surface area (Å²) in [5.41, 5.74) is 0.0739. The number of benzene rings is 1. The van der Waals surface area contributed by atoms with Crippen molar-refractivity contribution in [2.45, 2.75) is 31.7 Å². The second-order valence-electron chi connectivity index (χ2n) is 7.05. The zero-order chi connectivity index (χ0) is 18.4. The van der Waals surface area contributed by atoms with E-state index in [-0.39, 0.29) is 35.7 Å². The van der Waals surface area contributed by atoms with Gasteiger partial charge in [0, 0.05) is 39.3 Å². The number of nitrogens with zero attached hydrogens (tertiary/aromatic N) is 3. The fraction of sp³-hybridized carbons (Fsp3) is 0.632. The molecule has 0 bridgehead atoms. The number of piperidine rings is 1. The van der Waals surface area contributed by atoms with Crippen molar-refractivity contribution in [3.8, 4) is 0 Å². The minimum absolute atomic E-state index is 0. The molecule has 27 heavy (non-hydrogen) atoms. The smallest absolute Gasteiger partial charge is 0.191 e. The Morgan fingerprint density at radius 1 is 1.15 bits per heavy atom. The Labute approximate surface area is 177 Å². The molecule has 2 fully saturated rings. The molecule has 0 radical (unpaired) electrons. The molecular weight excluding hydrogens is 463 g/mol. The zero-order valence-electron chi connectivity index (χ0n) is 15.9. The van der Waals surface area contributed by atoms with Crippen LogP contribution in [0.4, 0.5) is 14.5 Å². The highest BCUT2D eigenvalue weighted by Crippen LogP contribution is 2.26. The first kappa shape index (κ1) is 22.1. The maximum atomic E-state index is 14.0. The molecule has 2 aliphatic rings. The molecule has 1 aromatic carbocycles. The molecule has 0 spiro atoms. The number of nitrogens with one attached hydrogen (secondary N) is 2. The first-order valence-electron chi connectivity index (χ1n) is 9.56. The molecule has 0 saturated carbocycles. The summed E-state index contributed by atoms with van der Waals surface area (Å²) < 4.78 is 27.9. The molecule has 1 atom stereocenters. The number of aliphatic imine (C=N–C) groups is 1. The van der Waals surface area contributed by atoms with E-state index in [0.29, 0.717) is 13.1 Å². The average molecular weight is 493 g/mol. The number of hydrogen-bond donors (Lipinski definition) is 2. The van der Waals surface area contributed by atoms with Crippen LogP contribution in [0.1, 0.15) is 25.7 Å². The van der Waals surface area contributed by atoms with Crippen molar-refractivity contribution in [2.24, 2.45) is 4.99 Å². The first-order chi connectivity index (χ1) is 12.7. The van der Waals surface area contributed by atoms with Crippen molar-refractivity contribution in [3.05, 3.63) is 29.8 Å². The Kier molecular flexibility index (Phi) is 9.01. The van der Waals surface area contributed by atoms with Gasteiger partial charge < -0.3 is 20.4 Å². The van der Waals surface area contributed by atoms with Gasteiger partial charge in [-0.1, -0.05) is 12.5 Å². The van der Waals surface area contributed by atoms with Gasteiger partial charge in [0.2, 0.25) is 0 Å². The summed E-state index contributed by atoms with van der Waals surface area (Å²) in [6.07, 6.45) is 4.74. The fourth-order valence-electron chi connectivity index (χ4n) is 3.78. The van der Waals surface area contributed by atoms with Gasteiger partial charge in [-0.05, 0) is 44.5 Å². The lowest BCUT2D eigenvalue weighted by molar-refractivity contribution is 0.232. The van der Waals surface area contributed by atoms with Crippen molar-refractivity contribution in [1.29, 1.82) is 0 Å². The van der Waals surface area contributed by atoms with E-state index in [9.17, 15) is 8.78 Å². The van der Waals surface area contributed by atoms with Gasteiger partial charge in [-0.3, -0.25) is 4.99 Å². The minimum atomic E-state index is -0.505. The van der Waals surface area contributed by atoms with Gasteiger partial charge >= 0.3 is 0 Å². The summed E-state index contributed by atoms with van der Waals surface area (Å²) in [6.45, 7) is 5.40. The minimum Gasteiger partial charge on any atom is -0.365 e.